The maximum atomic E-state index is 12.8. The molecule has 0 radical (unpaired) electrons. The number of imidazole rings is 1. The average molecular weight is 405 g/mol. The highest BCUT2D eigenvalue weighted by atomic mass is 16.5. The van der Waals surface area contributed by atoms with Crippen molar-refractivity contribution in [1.29, 1.82) is 0 Å². The van der Waals surface area contributed by atoms with Crippen LogP contribution in [-0.2, 0) is 22.6 Å². The van der Waals surface area contributed by atoms with Crippen LogP contribution in [0, 0.1) is 0 Å². The zero-order chi connectivity index (χ0) is 20.3. The molecule has 2 fully saturated rings. The van der Waals surface area contributed by atoms with Crippen molar-refractivity contribution in [3.63, 3.8) is 0 Å². The summed E-state index contributed by atoms with van der Waals surface area (Å²) in [6.07, 6.45) is 0.535. The first-order valence-corrected chi connectivity index (χ1v) is 10.8. The van der Waals surface area contributed by atoms with Gasteiger partial charge in [-0.15, -0.1) is 0 Å². The molecule has 156 valence electrons. The molecule has 6 heteroatoms. The monoisotopic (exact) mass is 404 g/mol. The third-order valence-electron chi connectivity index (χ3n) is 6.22. The summed E-state index contributed by atoms with van der Waals surface area (Å²) >= 11 is 0. The van der Waals surface area contributed by atoms with Gasteiger partial charge in [-0.05, 0) is 17.7 Å². The lowest BCUT2D eigenvalue weighted by Gasteiger charge is -2.27. The Morgan fingerprint density at radius 1 is 0.967 bits per heavy atom. The minimum atomic E-state index is 0.137. The number of fused-ring (bicyclic) bond motifs is 1. The van der Waals surface area contributed by atoms with E-state index in [1.54, 1.807) is 0 Å². The van der Waals surface area contributed by atoms with Crippen LogP contribution in [0.3, 0.4) is 0 Å². The fourth-order valence-corrected chi connectivity index (χ4v) is 4.61. The van der Waals surface area contributed by atoms with Gasteiger partial charge in [0, 0.05) is 51.6 Å². The van der Waals surface area contributed by atoms with Crippen LogP contribution < -0.4 is 0 Å². The summed E-state index contributed by atoms with van der Waals surface area (Å²) in [6.45, 7) is 6.85. The van der Waals surface area contributed by atoms with Crippen LogP contribution in [0.5, 0.6) is 0 Å². The maximum Gasteiger partial charge on any atom is 0.223 e. The van der Waals surface area contributed by atoms with Crippen molar-refractivity contribution in [3.8, 4) is 0 Å². The Kier molecular flexibility index (Phi) is 5.51. The standard InChI is InChI=1S/C24H28N4O2/c29-23-16-20(18-27(23)17-19-6-2-1-3-7-19)24-25-21-8-4-5-9-22(21)28(24)11-10-26-12-14-30-15-13-26/h1-9,20H,10-18H2/t20-/m0/s1. The number of nitrogens with zero attached hydrogens (tertiary/aromatic N) is 4. The Labute approximate surface area is 177 Å². The number of likely N-dealkylation sites (tertiary alicyclic amines) is 1. The minimum absolute atomic E-state index is 0.137. The molecule has 1 atom stereocenters. The second kappa shape index (κ2) is 8.58. The van der Waals surface area contributed by atoms with E-state index >= 15 is 0 Å². The van der Waals surface area contributed by atoms with Crippen molar-refractivity contribution in [2.75, 3.05) is 39.4 Å². The molecule has 0 bridgehead atoms. The minimum Gasteiger partial charge on any atom is -0.379 e. The molecule has 0 spiro atoms. The number of aromatic nitrogens is 2. The normalized spacial score (nSPS) is 20.3. The van der Waals surface area contributed by atoms with E-state index in [0.717, 1.165) is 62.8 Å². The summed E-state index contributed by atoms with van der Waals surface area (Å²) in [5.41, 5.74) is 3.35. The van der Waals surface area contributed by atoms with Crippen LogP contribution in [0.15, 0.2) is 54.6 Å². The number of morpholine rings is 1. The van der Waals surface area contributed by atoms with Gasteiger partial charge >= 0.3 is 0 Å². The molecule has 0 aliphatic carbocycles. The van der Waals surface area contributed by atoms with Gasteiger partial charge in [0.2, 0.25) is 5.91 Å². The van der Waals surface area contributed by atoms with Gasteiger partial charge in [-0.2, -0.15) is 0 Å². The molecule has 3 aromatic rings. The van der Waals surface area contributed by atoms with E-state index in [4.69, 9.17) is 9.72 Å². The summed E-state index contributed by atoms with van der Waals surface area (Å²) in [5.74, 6) is 1.40. The van der Waals surface area contributed by atoms with Gasteiger partial charge in [0.15, 0.2) is 0 Å². The second-order valence-electron chi connectivity index (χ2n) is 8.23. The van der Waals surface area contributed by atoms with Gasteiger partial charge in [-0.1, -0.05) is 42.5 Å². The first-order valence-electron chi connectivity index (χ1n) is 10.8. The quantitative estimate of drug-likeness (QED) is 0.634. The molecule has 0 unspecified atom stereocenters. The Bertz CT molecular complexity index is 1010. The van der Waals surface area contributed by atoms with Gasteiger partial charge < -0.3 is 14.2 Å². The number of para-hydroxylation sites is 2. The molecule has 2 saturated heterocycles. The molecule has 0 saturated carbocycles. The molecule has 0 N–H and O–H groups in total. The number of hydrogen-bond acceptors (Lipinski definition) is 4. The Hall–Kier alpha value is -2.70. The van der Waals surface area contributed by atoms with Crippen molar-refractivity contribution in [2.24, 2.45) is 0 Å². The highest BCUT2D eigenvalue weighted by Crippen LogP contribution is 2.31. The number of carbonyl (C=O) groups is 1. The predicted molar refractivity (Wildman–Crippen MR) is 116 cm³/mol. The first kappa shape index (κ1) is 19.3. The molecule has 2 aliphatic rings. The lowest BCUT2D eigenvalue weighted by molar-refractivity contribution is -0.128. The molecule has 3 heterocycles. The predicted octanol–water partition coefficient (Wildman–Crippen LogP) is 2.88. The molecular formula is C24H28N4O2. The largest absolute Gasteiger partial charge is 0.379 e. The van der Waals surface area contributed by atoms with E-state index < -0.39 is 0 Å². The van der Waals surface area contributed by atoms with Crippen LogP contribution in [0.2, 0.25) is 0 Å². The maximum absolute atomic E-state index is 12.8. The van der Waals surface area contributed by atoms with E-state index in [0.29, 0.717) is 13.0 Å². The van der Waals surface area contributed by atoms with E-state index in [1.165, 1.54) is 5.56 Å². The summed E-state index contributed by atoms with van der Waals surface area (Å²) in [4.78, 5) is 22.2. The van der Waals surface area contributed by atoms with Crippen LogP contribution in [0.25, 0.3) is 11.0 Å². The number of rotatable bonds is 6. The third-order valence-corrected chi connectivity index (χ3v) is 6.22. The van der Waals surface area contributed by atoms with E-state index in [2.05, 4.69) is 39.8 Å². The highest BCUT2D eigenvalue weighted by Gasteiger charge is 2.34. The van der Waals surface area contributed by atoms with Crippen molar-refractivity contribution >= 4 is 16.9 Å². The molecular weight excluding hydrogens is 376 g/mol. The average Bonchev–Trinajstić information content (AvgIpc) is 3.34. The number of ether oxygens (including phenoxy) is 1. The van der Waals surface area contributed by atoms with Gasteiger partial charge in [-0.3, -0.25) is 9.69 Å². The topological polar surface area (TPSA) is 50.6 Å². The third kappa shape index (κ3) is 3.98. The molecule has 1 amide bonds. The molecule has 30 heavy (non-hydrogen) atoms. The number of carbonyl (C=O) groups excluding carboxylic acids is 1. The zero-order valence-corrected chi connectivity index (χ0v) is 17.2. The fraction of sp³-hybridized carbons (Fsp3) is 0.417. The van der Waals surface area contributed by atoms with Gasteiger partial charge in [0.1, 0.15) is 5.82 Å². The molecule has 2 aliphatic heterocycles. The van der Waals surface area contributed by atoms with Crippen molar-refractivity contribution in [2.45, 2.75) is 25.4 Å². The number of hydrogen-bond donors (Lipinski definition) is 0. The second-order valence-corrected chi connectivity index (χ2v) is 8.23. The van der Waals surface area contributed by atoms with Crippen molar-refractivity contribution in [3.05, 3.63) is 66.0 Å². The SMILES string of the molecule is O=C1C[C@H](c2nc3ccccc3n2CCN2CCOCC2)CN1Cc1ccccc1. The summed E-state index contributed by atoms with van der Waals surface area (Å²) < 4.78 is 7.82. The highest BCUT2D eigenvalue weighted by molar-refractivity contribution is 5.81. The van der Waals surface area contributed by atoms with Gasteiger partial charge in [0.05, 0.1) is 24.2 Å². The fourth-order valence-electron chi connectivity index (χ4n) is 4.61. The van der Waals surface area contributed by atoms with E-state index in [1.807, 2.05) is 29.2 Å². The smallest absolute Gasteiger partial charge is 0.223 e. The van der Waals surface area contributed by atoms with Crippen LogP contribution in [-0.4, -0.2) is 64.7 Å². The first-order chi connectivity index (χ1) is 14.8. The molecule has 2 aromatic carbocycles. The van der Waals surface area contributed by atoms with Gasteiger partial charge in [0.25, 0.3) is 0 Å². The van der Waals surface area contributed by atoms with E-state index in [9.17, 15) is 4.79 Å². The Morgan fingerprint density at radius 2 is 1.73 bits per heavy atom. The Balaban J connectivity index is 1.37. The zero-order valence-electron chi connectivity index (χ0n) is 17.2. The Morgan fingerprint density at radius 3 is 2.57 bits per heavy atom. The summed E-state index contributed by atoms with van der Waals surface area (Å²) in [5, 5.41) is 0. The number of benzene rings is 2. The molecule has 5 rings (SSSR count). The van der Waals surface area contributed by atoms with Crippen LogP contribution in [0.4, 0.5) is 0 Å². The number of amides is 1. The van der Waals surface area contributed by atoms with Crippen molar-refractivity contribution in [1.82, 2.24) is 19.4 Å². The molecule has 1 aromatic heterocycles. The lowest BCUT2D eigenvalue weighted by Crippen LogP contribution is -2.38. The van der Waals surface area contributed by atoms with Crippen LogP contribution >= 0.6 is 0 Å². The van der Waals surface area contributed by atoms with Gasteiger partial charge in [-0.25, -0.2) is 4.98 Å². The molecule has 6 nitrogen and oxygen atoms in total. The summed E-state index contributed by atoms with van der Waals surface area (Å²) in [6, 6.07) is 18.5. The van der Waals surface area contributed by atoms with E-state index in [-0.39, 0.29) is 11.8 Å². The van der Waals surface area contributed by atoms with Crippen molar-refractivity contribution < 1.29 is 9.53 Å². The van der Waals surface area contributed by atoms with Crippen LogP contribution in [0.1, 0.15) is 23.7 Å². The summed E-state index contributed by atoms with van der Waals surface area (Å²) in [7, 11) is 0. The lowest BCUT2D eigenvalue weighted by atomic mass is 10.1.